The average molecular weight is 197 g/mol. The molecule has 1 aliphatic carbocycles. The van der Waals surface area contributed by atoms with E-state index in [1.54, 1.807) is 0 Å². The Morgan fingerprint density at radius 3 is 2.57 bits per heavy atom. The zero-order chi connectivity index (χ0) is 10.4. The summed E-state index contributed by atoms with van der Waals surface area (Å²) in [5.74, 6) is 0.759. The number of rotatable bonds is 2. The van der Waals surface area contributed by atoms with Crippen LogP contribution in [0.15, 0.2) is 0 Å². The molecular weight excluding hydrogens is 174 g/mol. The van der Waals surface area contributed by atoms with Crippen LogP contribution in [0.3, 0.4) is 0 Å². The first-order valence-electron chi connectivity index (χ1n) is 5.91. The molecule has 14 heavy (non-hydrogen) atoms. The van der Waals surface area contributed by atoms with E-state index < -0.39 is 5.60 Å². The summed E-state index contributed by atoms with van der Waals surface area (Å²) in [5.41, 5.74) is -0.330. The first-order chi connectivity index (χ1) is 6.46. The molecule has 1 saturated carbocycles. The minimum atomic E-state index is -0.512. The van der Waals surface area contributed by atoms with E-state index in [2.05, 4.69) is 19.2 Å². The summed E-state index contributed by atoms with van der Waals surface area (Å²) in [6.45, 7) is 7.60. The Kier molecular flexibility index (Phi) is 2.39. The molecule has 0 aromatic carbocycles. The van der Waals surface area contributed by atoms with Gasteiger partial charge in [-0.2, -0.15) is 0 Å². The topological polar surface area (TPSA) is 32.3 Å². The van der Waals surface area contributed by atoms with Gasteiger partial charge in [-0.15, -0.1) is 0 Å². The zero-order valence-corrected chi connectivity index (χ0v) is 9.64. The van der Waals surface area contributed by atoms with E-state index in [0.717, 1.165) is 18.9 Å². The van der Waals surface area contributed by atoms with Gasteiger partial charge in [-0.05, 0) is 50.5 Å². The van der Waals surface area contributed by atoms with Crippen LogP contribution in [0.2, 0.25) is 0 Å². The molecule has 2 aliphatic rings. The highest BCUT2D eigenvalue weighted by Crippen LogP contribution is 2.55. The Morgan fingerprint density at radius 2 is 2.07 bits per heavy atom. The number of aliphatic hydroxyl groups is 1. The maximum atomic E-state index is 10.6. The molecule has 0 bridgehead atoms. The van der Waals surface area contributed by atoms with E-state index in [4.69, 9.17) is 0 Å². The molecule has 82 valence electrons. The third-order valence-electron chi connectivity index (χ3n) is 4.57. The van der Waals surface area contributed by atoms with Gasteiger partial charge in [0.15, 0.2) is 0 Å². The standard InChI is InChI=1S/C12H23NO/c1-9-4-7-13-10(8-9)12(3,14)11(2)5-6-11/h9-10,13-14H,4-8H2,1-3H3. The number of nitrogens with one attached hydrogen (secondary N) is 1. The summed E-state index contributed by atoms with van der Waals surface area (Å²) in [6.07, 6.45) is 4.75. The van der Waals surface area contributed by atoms with Crippen LogP contribution in [0, 0.1) is 11.3 Å². The van der Waals surface area contributed by atoms with Crippen molar-refractivity contribution in [1.29, 1.82) is 0 Å². The Morgan fingerprint density at radius 1 is 1.43 bits per heavy atom. The van der Waals surface area contributed by atoms with Gasteiger partial charge in [-0.1, -0.05) is 13.8 Å². The fourth-order valence-electron chi connectivity index (χ4n) is 2.65. The zero-order valence-electron chi connectivity index (χ0n) is 9.64. The number of hydrogen-bond acceptors (Lipinski definition) is 2. The molecule has 2 heteroatoms. The third kappa shape index (κ3) is 1.59. The summed E-state index contributed by atoms with van der Waals surface area (Å²) in [7, 11) is 0. The third-order valence-corrected chi connectivity index (χ3v) is 4.57. The highest BCUT2D eigenvalue weighted by atomic mass is 16.3. The van der Waals surface area contributed by atoms with Crippen molar-refractivity contribution in [1.82, 2.24) is 5.32 Å². The first kappa shape index (κ1) is 10.4. The largest absolute Gasteiger partial charge is 0.388 e. The molecule has 1 saturated heterocycles. The summed E-state index contributed by atoms with van der Waals surface area (Å²) >= 11 is 0. The molecule has 2 fully saturated rings. The predicted molar refractivity (Wildman–Crippen MR) is 58.2 cm³/mol. The molecule has 2 rings (SSSR count). The Balaban J connectivity index is 2.05. The van der Waals surface area contributed by atoms with Gasteiger partial charge in [-0.3, -0.25) is 0 Å². The van der Waals surface area contributed by atoms with Gasteiger partial charge in [-0.25, -0.2) is 0 Å². The van der Waals surface area contributed by atoms with Crippen LogP contribution < -0.4 is 5.32 Å². The van der Waals surface area contributed by atoms with E-state index in [0.29, 0.717) is 6.04 Å². The molecule has 1 heterocycles. The maximum absolute atomic E-state index is 10.6. The quantitative estimate of drug-likeness (QED) is 0.709. The van der Waals surface area contributed by atoms with Gasteiger partial charge in [0.05, 0.1) is 5.60 Å². The monoisotopic (exact) mass is 197 g/mol. The van der Waals surface area contributed by atoms with Crippen LogP contribution in [0.5, 0.6) is 0 Å². The van der Waals surface area contributed by atoms with Gasteiger partial charge in [0.1, 0.15) is 0 Å². The van der Waals surface area contributed by atoms with E-state index in [1.165, 1.54) is 19.3 Å². The second-order valence-electron chi connectivity index (χ2n) is 5.84. The lowest BCUT2D eigenvalue weighted by molar-refractivity contribution is -0.0532. The molecule has 2 N–H and O–H groups in total. The second kappa shape index (κ2) is 3.21. The number of hydrogen-bond donors (Lipinski definition) is 2. The summed E-state index contributed by atoms with van der Waals surface area (Å²) in [5, 5.41) is 14.1. The molecule has 3 unspecified atom stereocenters. The van der Waals surface area contributed by atoms with E-state index >= 15 is 0 Å². The Hall–Kier alpha value is -0.0800. The van der Waals surface area contributed by atoms with Crippen molar-refractivity contribution in [2.75, 3.05) is 6.54 Å². The van der Waals surface area contributed by atoms with Crippen molar-refractivity contribution in [3.05, 3.63) is 0 Å². The Labute approximate surface area is 87.1 Å². The minimum absolute atomic E-state index is 0.182. The van der Waals surface area contributed by atoms with E-state index in [9.17, 15) is 5.11 Å². The lowest BCUT2D eigenvalue weighted by atomic mass is 9.76. The van der Waals surface area contributed by atoms with Crippen LogP contribution >= 0.6 is 0 Å². The lowest BCUT2D eigenvalue weighted by Crippen LogP contribution is -2.56. The molecule has 0 aromatic rings. The van der Waals surface area contributed by atoms with Crippen LogP contribution in [0.4, 0.5) is 0 Å². The van der Waals surface area contributed by atoms with Crippen molar-refractivity contribution in [3.8, 4) is 0 Å². The fourth-order valence-corrected chi connectivity index (χ4v) is 2.65. The smallest absolute Gasteiger partial charge is 0.0825 e. The molecule has 1 aliphatic heterocycles. The van der Waals surface area contributed by atoms with Gasteiger partial charge < -0.3 is 10.4 Å². The van der Waals surface area contributed by atoms with Crippen LogP contribution in [0.1, 0.15) is 46.5 Å². The molecule has 0 spiro atoms. The molecule has 0 radical (unpaired) electrons. The van der Waals surface area contributed by atoms with Crippen LogP contribution in [-0.4, -0.2) is 23.3 Å². The predicted octanol–water partition coefficient (Wildman–Crippen LogP) is 1.93. The Bertz CT molecular complexity index is 220. The average Bonchev–Trinajstić information content (AvgIpc) is 2.85. The lowest BCUT2D eigenvalue weighted by Gasteiger charge is -2.42. The van der Waals surface area contributed by atoms with Gasteiger partial charge in [0.25, 0.3) is 0 Å². The minimum Gasteiger partial charge on any atom is -0.388 e. The van der Waals surface area contributed by atoms with Crippen molar-refractivity contribution >= 4 is 0 Å². The van der Waals surface area contributed by atoms with E-state index in [-0.39, 0.29) is 5.41 Å². The normalized spacial score (nSPS) is 40.3. The van der Waals surface area contributed by atoms with Crippen molar-refractivity contribution in [2.45, 2.75) is 58.1 Å². The molecule has 0 amide bonds. The summed E-state index contributed by atoms with van der Waals surface area (Å²) in [4.78, 5) is 0. The van der Waals surface area contributed by atoms with E-state index in [1.807, 2.05) is 6.92 Å². The second-order valence-corrected chi connectivity index (χ2v) is 5.84. The molecule has 0 aromatic heterocycles. The van der Waals surface area contributed by atoms with Gasteiger partial charge in [0, 0.05) is 6.04 Å². The highest BCUT2D eigenvalue weighted by Gasteiger charge is 2.56. The highest BCUT2D eigenvalue weighted by molar-refractivity contribution is 5.09. The van der Waals surface area contributed by atoms with Crippen LogP contribution in [-0.2, 0) is 0 Å². The first-order valence-corrected chi connectivity index (χ1v) is 5.91. The van der Waals surface area contributed by atoms with Gasteiger partial charge in [0.2, 0.25) is 0 Å². The SMILES string of the molecule is CC1CCNC(C(C)(O)C2(C)CC2)C1. The molecule has 3 atom stereocenters. The van der Waals surface area contributed by atoms with Crippen LogP contribution in [0.25, 0.3) is 0 Å². The summed E-state index contributed by atoms with van der Waals surface area (Å²) in [6, 6.07) is 0.304. The number of piperidine rings is 1. The van der Waals surface area contributed by atoms with Crippen molar-refractivity contribution in [2.24, 2.45) is 11.3 Å². The molecular formula is C12H23NO. The maximum Gasteiger partial charge on any atom is 0.0825 e. The molecule has 2 nitrogen and oxygen atoms in total. The summed E-state index contributed by atoms with van der Waals surface area (Å²) < 4.78 is 0. The van der Waals surface area contributed by atoms with Gasteiger partial charge >= 0.3 is 0 Å². The van der Waals surface area contributed by atoms with Crippen molar-refractivity contribution in [3.63, 3.8) is 0 Å². The van der Waals surface area contributed by atoms with Crippen molar-refractivity contribution < 1.29 is 5.11 Å². The fraction of sp³-hybridized carbons (Fsp3) is 1.00.